The molecule has 0 saturated heterocycles. The van der Waals surface area contributed by atoms with Crippen LogP contribution in [-0.4, -0.2) is 14.8 Å². The van der Waals surface area contributed by atoms with Gasteiger partial charge in [0.25, 0.3) is 0 Å². The lowest BCUT2D eigenvalue weighted by atomic mass is 10.1. The molecule has 72 valence electrons. The van der Waals surface area contributed by atoms with Crippen LogP contribution in [0.5, 0.6) is 0 Å². The maximum atomic E-state index is 4.28. The Morgan fingerprint density at radius 2 is 1.93 bits per heavy atom. The molecule has 0 aliphatic carbocycles. The van der Waals surface area contributed by atoms with Gasteiger partial charge >= 0.3 is 0 Å². The van der Waals surface area contributed by atoms with Gasteiger partial charge in [-0.05, 0) is 32.4 Å². The van der Waals surface area contributed by atoms with Gasteiger partial charge in [-0.2, -0.15) is 5.10 Å². The van der Waals surface area contributed by atoms with E-state index in [1.807, 2.05) is 11.6 Å². The molecule has 1 aromatic heterocycles. The van der Waals surface area contributed by atoms with E-state index in [0.717, 1.165) is 11.5 Å². The predicted molar refractivity (Wildman–Crippen MR) is 55.6 cm³/mol. The first kappa shape index (κ1) is 8.94. The fraction of sp³-hybridized carbons (Fsp3) is 0.273. The Kier molecular flexibility index (Phi) is 2.08. The van der Waals surface area contributed by atoms with E-state index in [1.165, 1.54) is 11.1 Å². The zero-order chi connectivity index (χ0) is 10.1. The minimum Gasteiger partial charge on any atom is -0.221 e. The lowest BCUT2D eigenvalue weighted by Crippen LogP contribution is -1.98. The lowest BCUT2D eigenvalue weighted by Gasteiger charge is -2.05. The molecule has 0 N–H and O–H groups in total. The SMILES string of the molecule is Cc1ccc(-n2cnc(C)n2)c(C)c1. The Morgan fingerprint density at radius 3 is 2.50 bits per heavy atom. The van der Waals surface area contributed by atoms with Crippen molar-refractivity contribution < 1.29 is 0 Å². The Hall–Kier alpha value is -1.64. The van der Waals surface area contributed by atoms with Crippen molar-refractivity contribution >= 4 is 0 Å². The molecule has 1 heterocycles. The van der Waals surface area contributed by atoms with Crippen LogP contribution < -0.4 is 0 Å². The minimum absolute atomic E-state index is 0.796. The van der Waals surface area contributed by atoms with Crippen molar-refractivity contribution in [3.63, 3.8) is 0 Å². The number of aromatic nitrogens is 3. The van der Waals surface area contributed by atoms with Crippen molar-refractivity contribution in [2.24, 2.45) is 0 Å². The molecule has 0 unspecified atom stereocenters. The molecule has 0 atom stereocenters. The third-order valence-corrected chi connectivity index (χ3v) is 2.21. The molecule has 14 heavy (non-hydrogen) atoms. The summed E-state index contributed by atoms with van der Waals surface area (Å²) < 4.78 is 1.81. The maximum absolute atomic E-state index is 4.28. The van der Waals surface area contributed by atoms with Gasteiger partial charge in [0.2, 0.25) is 0 Å². The van der Waals surface area contributed by atoms with Gasteiger partial charge < -0.3 is 0 Å². The molecule has 3 nitrogen and oxygen atoms in total. The van der Waals surface area contributed by atoms with Gasteiger partial charge in [0.15, 0.2) is 0 Å². The standard InChI is InChI=1S/C11H13N3/c1-8-4-5-11(9(2)6-8)14-7-12-10(3)13-14/h4-7H,1-3H3. The van der Waals surface area contributed by atoms with Crippen LogP contribution in [0.3, 0.4) is 0 Å². The number of benzene rings is 1. The number of hydrogen-bond acceptors (Lipinski definition) is 2. The van der Waals surface area contributed by atoms with Crippen molar-refractivity contribution in [3.05, 3.63) is 41.5 Å². The van der Waals surface area contributed by atoms with Crippen LogP contribution >= 0.6 is 0 Å². The van der Waals surface area contributed by atoms with Gasteiger partial charge in [-0.3, -0.25) is 0 Å². The van der Waals surface area contributed by atoms with Crippen LogP contribution in [0.1, 0.15) is 17.0 Å². The molecule has 0 amide bonds. The quantitative estimate of drug-likeness (QED) is 0.685. The highest BCUT2D eigenvalue weighted by atomic mass is 15.3. The van der Waals surface area contributed by atoms with Crippen LogP contribution in [0.25, 0.3) is 5.69 Å². The van der Waals surface area contributed by atoms with Crippen molar-refractivity contribution in [2.75, 3.05) is 0 Å². The highest BCUT2D eigenvalue weighted by Crippen LogP contribution is 2.14. The van der Waals surface area contributed by atoms with Crippen LogP contribution in [0.2, 0.25) is 0 Å². The first-order valence-electron chi connectivity index (χ1n) is 4.63. The summed E-state index contributed by atoms with van der Waals surface area (Å²) in [6.45, 7) is 6.06. The number of aryl methyl sites for hydroxylation is 3. The van der Waals surface area contributed by atoms with Gasteiger partial charge in [0, 0.05) is 0 Å². The molecule has 0 fully saturated rings. The molecule has 0 radical (unpaired) electrons. The van der Waals surface area contributed by atoms with Crippen LogP contribution in [0, 0.1) is 20.8 Å². The second-order valence-corrected chi connectivity index (χ2v) is 3.53. The third kappa shape index (κ3) is 1.53. The number of rotatable bonds is 1. The molecule has 0 saturated carbocycles. The summed E-state index contributed by atoms with van der Waals surface area (Å²) in [7, 11) is 0. The smallest absolute Gasteiger partial charge is 0.147 e. The molecule has 1 aromatic carbocycles. The normalized spacial score (nSPS) is 10.5. The second kappa shape index (κ2) is 3.25. The number of hydrogen-bond donors (Lipinski definition) is 0. The Balaban J connectivity index is 2.52. The largest absolute Gasteiger partial charge is 0.221 e. The van der Waals surface area contributed by atoms with E-state index in [4.69, 9.17) is 0 Å². The molecule has 0 bridgehead atoms. The van der Waals surface area contributed by atoms with Gasteiger partial charge in [0.05, 0.1) is 5.69 Å². The highest BCUT2D eigenvalue weighted by Gasteiger charge is 2.02. The summed E-state index contributed by atoms with van der Waals surface area (Å²) in [4.78, 5) is 4.11. The molecule has 0 aliphatic heterocycles. The highest BCUT2D eigenvalue weighted by molar-refractivity contribution is 5.41. The topological polar surface area (TPSA) is 30.7 Å². The van der Waals surface area contributed by atoms with Crippen molar-refractivity contribution in [1.29, 1.82) is 0 Å². The molecular weight excluding hydrogens is 174 g/mol. The summed E-state index contributed by atoms with van der Waals surface area (Å²) in [5.41, 5.74) is 3.58. The number of nitrogens with zero attached hydrogens (tertiary/aromatic N) is 3. The van der Waals surface area contributed by atoms with E-state index < -0.39 is 0 Å². The van der Waals surface area contributed by atoms with Crippen molar-refractivity contribution in [1.82, 2.24) is 14.8 Å². The Bertz CT molecular complexity index is 457. The first-order valence-corrected chi connectivity index (χ1v) is 4.63. The van der Waals surface area contributed by atoms with Gasteiger partial charge in [0.1, 0.15) is 12.2 Å². The fourth-order valence-electron chi connectivity index (χ4n) is 1.52. The molecule has 0 aliphatic rings. The monoisotopic (exact) mass is 187 g/mol. The molecule has 2 rings (SSSR count). The van der Waals surface area contributed by atoms with Crippen LogP contribution in [0.15, 0.2) is 24.5 Å². The van der Waals surface area contributed by atoms with Crippen LogP contribution in [-0.2, 0) is 0 Å². The molecule has 2 aromatic rings. The van der Waals surface area contributed by atoms with E-state index in [2.05, 4.69) is 42.1 Å². The zero-order valence-corrected chi connectivity index (χ0v) is 8.65. The Morgan fingerprint density at radius 1 is 1.14 bits per heavy atom. The average molecular weight is 187 g/mol. The summed E-state index contributed by atoms with van der Waals surface area (Å²) >= 11 is 0. The molecule has 3 heteroatoms. The summed E-state index contributed by atoms with van der Waals surface area (Å²) in [6, 6.07) is 6.30. The van der Waals surface area contributed by atoms with E-state index in [1.54, 1.807) is 6.33 Å². The summed E-state index contributed by atoms with van der Waals surface area (Å²) in [5, 5.41) is 4.28. The zero-order valence-electron chi connectivity index (χ0n) is 8.65. The van der Waals surface area contributed by atoms with E-state index >= 15 is 0 Å². The van der Waals surface area contributed by atoms with Gasteiger partial charge in [-0.25, -0.2) is 9.67 Å². The maximum Gasteiger partial charge on any atom is 0.147 e. The molecule has 0 spiro atoms. The lowest BCUT2D eigenvalue weighted by molar-refractivity contribution is 0.855. The van der Waals surface area contributed by atoms with Gasteiger partial charge in [-0.1, -0.05) is 17.7 Å². The predicted octanol–water partition coefficient (Wildman–Crippen LogP) is 2.19. The Labute approximate surface area is 83.4 Å². The summed E-state index contributed by atoms with van der Waals surface area (Å²) in [6.07, 6.45) is 1.74. The van der Waals surface area contributed by atoms with Gasteiger partial charge in [-0.15, -0.1) is 0 Å². The van der Waals surface area contributed by atoms with E-state index in [-0.39, 0.29) is 0 Å². The molecular formula is C11H13N3. The minimum atomic E-state index is 0.796. The van der Waals surface area contributed by atoms with E-state index in [9.17, 15) is 0 Å². The second-order valence-electron chi connectivity index (χ2n) is 3.53. The van der Waals surface area contributed by atoms with E-state index in [0.29, 0.717) is 0 Å². The third-order valence-electron chi connectivity index (χ3n) is 2.21. The van der Waals surface area contributed by atoms with Crippen molar-refractivity contribution in [3.8, 4) is 5.69 Å². The summed E-state index contributed by atoms with van der Waals surface area (Å²) in [5.74, 6) is 0.796. The first-order chi connectivity index (χ1) is 6.66. The van der Waals surface area contributed by atoms with Crippen LogP contribution in [0.4, 0.5) is 0 Å². The average Bonchev–Trinajstić information content (AvgIpc) is 2.51. The van der Waals surface area contributed by atoms with Crippen molar-refractivity contribution in [2.45, 2.75) is 20.8 Å². The fourth-order valence-corrected chi connectivity index (χ4v) is 1.52.